The third kappa shape index (κ3) is 4.18. The predicted octanol–water partition coefficient (Wildman–Crippen LogP) is 4.68. The Bertz CT molecular complexity index is 1000. The lowest BCUT2D eigenvalue weighted by molar-refractivity contribution is -0.180. The smallest absolute Gasteiger partial charge is 0.344 e. The molecular weight excluding hydrogens is 425 g/mol. The summed E-state index contributed by atoms with van der Waals surface area (Å²) in [6.07, 6.45) is -4.68. The molecule has 0 aliphatic carbocycles. The van der Waals surface area contributed by atoms with Crippen molar-refractivity contribution in [3.8, 4) is 0 Å². The largest absolute Gasteiger partial charge is 0.408 e. The normalized spacial score (nSPS) is 23.5. The van der Waals surface area contributed by atoms with Gasteiger partial charge in [0.2, 0.25) is 11.8 Å². The first-order valence-corrected chi connectivity index (χ1v) is 10.9. The van der Waals surface area contributed by atoms with Crippen LogP contribution >= 0.6 is 11.8 Å². The van der Waals surface area contributed by atoms with Gasteiger partial charge in [-0.3, -0.25) is 9.59 Å². The lowest BCUT2D eigenvalue weighted by Crippen LogP contribution is -2.58. The van der Waals surface area contributed by atoms with Crippen molar-refractivity contribution in [2.45, 2.75) is 55.2 Å². The van der Waals surface area contributed by atoms with Crippen molar-refractivity contribution >= 4 is 23.6 Å². The van der Waals surface area contributed by atoms with Crippen LogP contribution in [0, 0.1) is 25.7 Å². The van der Waals surface area contributed by atoms with Crippen molar-refractivity contribution in [3.63, 3.8) is 0 Å². The van der Waals surface area contributed by atoms with E-state index < -0.39 is 41.9 Å². The fourth-order valence-electron chi connectivity index (χ4n) is 4.26. The SMILES string of the molecule is Cc1ccc2c(c1)Sc1cc(C)ccc1C2NC(=O)C1CC(C)C(C(F)(F)F)NC1=O. The molecule has 31 heavy (non-hydrogen) atoms. The number of aryl methyl sites for hydroxylation is 2. The molecule has 1 fully saturated rings. The molecule has 0 spiro atoms. The molecule has 3 atom stereocenters. The number of carbonyl (C=O) groups excluding carboxylic acids is 2. The lowest BCUT2D eigenvalue weighted by atomic mass is 9.84. The first kappa shape index (κ1) is 21.7. The van der Waals surface area contributed by atoms with Crippen molar-refractivity contribution in [1.82, 2.24) is 10.6 Å². The highest BCUT2D eigenvalue weighted by Crippen LogP contribution is 2.45. The first-order chi connectivity index (χ1) is 14.5. The van der Waals surface area contributed by atoms with E-state index in [0.29, 0.717) is 0 Å². The maximum atomic E-state index is 13.1. The molecule has 2 aliphatic heterocycles. The highest BCUT2D eigenvalue weighted by Gasteiger charge is 2.50. The van der Waals surface area contributed by atoms with Gasteiger partial charge in [0.05, 0.1) is 6.04 Å². The zero-order chi connectivity index (χ0) is 22.5. The van der Waals surface area contributed by atoms with E-state index in [2.05, 4.69) is 5.32 Å². The summed E-state index contributed by atoms with van der Waals surface area (Å²) >= 11 is 1.63. The molecule has 0 saturated carbocycles. The molecule has 4 rings (SSSR count). The van der Waals surface area contributed by atoms with Gasteiger partial charge in [-0.05, 0) is 60.6 Å². The molecule has 2 heterocycles. The number of carbonyl (C=O) groups is 2. The van der Waals surface area contributed by atoms with Gasteiger partial charge in [0.15, 0.2) is 0 Å². The van der Waals surface area contributed by atoms with E-state index in [0.717, 1.165) is 32.0 Å². The number of hydrogen-bond donors (Lipinski definition) is 2. The van der Waals surface area contributed by atoms with E-state index in [9.17, 15) is 22.8 Å². The Kier molecular flexibility index (Phi) is 5.54. The van der Waals surface area contributed by atoms with E-state index in [1.807, 2.05) is 55.6 Å². The molecule has 2 amide bonds. The standard InChI is InChI=1S/C23H23F3N2O2S/c1-11-4-6-14-17(8-11)31-18-9-12(2)5-7-15(18)19(14)27-21(29)16-10-13(3)20(23(24,25)26)28-22(16)30/h4-9,13,16,19-20H,10H2,1-3H3,(H,27,29)(H,28,30). The molecule has 2 aromatic carbocycles. The van der Waals surface area contributed by atoms with Gasteiger partial charge >= 0.3 is 6.18 Å². The topological polar surface area (TPSA) is 58.2 Å². The summed E-state index contributed by atoms with van der Waals surface area (Å²) in [6, 6.07) is 9.53. The minimum Gasteiger partial charge on any atom is -0.344 e. The summed E-state index contributed by atoms with van der Waals surface area (Å²) in [5.41, 5.74) is 4.01. The van der Waals surface area contributed by atoms with Crippen LogP contribution in [0.25, 0.3) is 0 Å². The Morgan fingerprint density at radius 1 is 1.06 bits per heavy atom. The number of fused-ring (bicyclic) bond motifs is 2. The van der Waals surface area contributed by atoms with E-state index in [1.54, 1.807) is 11.8 Å². The fraction of sp³-hybridized carbons (Fsp3) is 0.391. The van der Waals surface area contributed by atoms with E-state index in [1.165, 1.54) is 6.92 Å². The van der Waals surface area contributed by atoms with Crippen molar-refractivity contribution < 1.29 is 22.8 Å². The summed E-state index contributed by atoms with van der Waals surface area (Å²) in [5, 5.41) is 4.95. The summed E-state index contributed by atoms with van der Waals surface area (Å²) < 4.78 is 39.4. The van der Waals surface area contributed by atoms with Crippen LogP contribution in [0.3, 0.4) is 0 Å². The van der Waals surface area contributed by atoms with E-state index in [-0.39, 0.29) is 6.42 Å². The number of amides is 2. The van der Waals surface area contributed by atoms with Crippen LogP contribution in [0.1, 0.15) is 41.6 Å². The van der Waals surface area contributed by atoms with Gasteiger partial charge in [0.25, 0.3) is 0 Å². The fourth-order valence-corrected chi connectivity index (χ4v) is 5.60. The van der Waals surface area contributed by atoms with Crippen LogP contribution in [-0.4, -0.2) is 24.0 Å². The maximum absolute atomic E-state index is 13.1. The minimum absolute atomic E-state index is 0.148. The molecular formula is C23H23F3N2O2S. The molecule has 1 saturated heterocycles. The Hall–Kier alpha value is -2.48. The number of hydrogen-bond acceptors (Lipinski definition) is 3. The first-order valence-electron chi connectivity index (χ1n) is 10.1. The summed E-state index contributed by atoms with van der Waals surface area (Å²) in [4.78, 5) is 27.5. The average molecular weight is 449 g/mol. The van der Waals surface area contributed by atoms with Crippen LogP contribution in [0.15, 0.2) is 46.2 Å². The molecule has 0 aromatic heterocycles. The molecule has 2 aliphatic rings. The van der Waals surface area contributed by atoms with Crippen LogP contribution < -0.4 is 10.6 Å². The van der Waals surface area contributed by atoms with E-state index in [4.69, 9.17) is 0 Å². The Balaban J connectivity index is 1.62. The predicted molar refractivity (Wildman–Crippen MR) is 112 cm³/mol. The quantitative estimate of drug-likeness (QED) is 0.656. The molecule has 8 heteroatoms. The highest BCUT2D eigenvalue weighted by molar-refractivity contribution is 7.99. The zero-order valence-electron chi connectivity index (χ0n) is 17.3. The number of alkyl halides is 3. The number of halogens is 3. The van der Waals surface area contributed by atoms with Gasteiger partial charge in [-0.2, -0.15) is 13.2 Å². The Morgan fingerprint density at radius 3 is 2.13 bits per heavy atom. The average Bonchev–Trinajstić information content (AvgIpc) is 2.67. The van der Waals surface area contributed by atoms with Crippen molar-refractivity contribution in [1.29, 1.82) is 0 Å². The van der Waals surface area contributed by atoms with Gasteiger partial charge in [0.1, 0.15) is 12.0 Å². The van der Waals surface area contributed by atoms with Gasteiger partial charge < -0.3 is 10.6 Å². The third-order valence-corrected chi connectivity index (χ3v) is 7.07. The summed E-state index contributed by atoms with van der Waals surface area (Å²) in [7, 11) is 0. The number of rotatable bonds is 2. The molecule has 4 nitrogen and oxygen atoms in total. The van der Waals surface area contributed by atoms with E-state index >= 15 is 0 Å². The summed E-state index contributed by atoms with van der Waals surface area (Å²) in [6.45, 7) is 5.39. The summed E-state index contributed by atoms with van der Waals surface area (Å²) in [5.74, 6) is -3.48. The van der Waals surface area contributed by atoms with Gasteiger partial charge in [0, 0.05) is 9.79 Å². The van der Waals surface area contributed by atoms with Gasteiger partial charge in [-0.1, -0.05) is 43.0 Å². The lowest BCUT2D eigenvalue weighted by Gasteiger charge is -2.36. The van der Waals surface area contributed by atoms with Crippen molar-refractivity contribution in [2.75, 3.05) is 0 Å². The number of piperidine rings is 1. The van der Waals surface area contributed by atoms with Crippen molar-refractivity contribution in [2.24, 2.45) is 11.8 Å². The molecule has 2 aromatic rings. The molecule has 0 radical (unpaired) electrons. The maximum Gasteiger partial charge on any atom is 0.408 e. The molecule has 2 N–H and O–H groups in total. The molecule has 0 bridgehead atoms. The second-order valence-corrected chi connectivity index (χ2v) is 9.50. The monoisotopic (exact) mass is 448 g/mol. The molecule has 164 valence electrons. The molecule has 3 unspecified atom stereocenters. The second-order valence-electron chi connectivity index (χ2n) is 8.42. The Morgan fingerprint density at radius 2 is 1.61 bits per heavy atom. The number of nitrogens with one attached hydrogen (secondary N) is 2. The minimum atomic E-state index is -4.54. The van der Waals surface area contributed by atoms with Crippen LogP contribution in [-0.2, 0) is 9.59 Å². The van der Waals surface area contributed by atoms with Gasteiger partial charge in [-0.25, -0.2) is 0 Å². The Labute approximate surface area is 183 Å². The van der Waals surface area contributed by atoms with Crippen molar-refractivity contribution in [3.05, 3.63) is 58.7 Å². The number of benzene rings is 2. The third-order valence-electron chi connectivity index (χ3n) is 5.93. The van der Waals surface area contributed by atoms with Crippen LogP contribution in [0.5, 0.6) is 0 Å². The van der Waals surface area contributed by atoms with Crippen LogP contribution in [0.2, 0.25) is 0 Å². The zero-order valence-corrected chi connectivity index (χ0v) is 18.2. The highest BCUT2D eigenvalue weighted by atomic mass is 32.2. The van der Waals surface area contributed by atoms with Gasteiger partial charge in [-0.15, -0.1) is 0 Å². The van der Waals surface area contributed by atoms with Crippen LogP contribution in [0.4, 0.5) is 13.2 Å². The second kappa shape index (κ2) is 7.89.